The lowest BCUT2D eigenvalue weighted by Crippen LogP contribution is -2.45. The van der Waals surface area contributed by atoms with E-state index < -0.39 is 5.60 Å². The van der Waals surface area contributed by atoms with Crippen molar-refractivity contribution in [2.75, 3.05) is 19.6 Å². The first-order chi connectivity index (χ1) is 11.7. The summed E-state index contributed by atoms with van der Waals surface area (Å²) in [5, 5.41) is 3.28. The molecular weight excluding hydrogens is 365 g/mol. The van der Waals surface area contributed by atoms with E-state index in [4.69, 9.17) is 27.9 Å². The monoisotopic (exact) mass is 387 g/mol. The van der Waals surface area contributed by atoms with Gasteiger partial charge in [0.1, 0.15) is 16.4 Å². The molecule has 1 aliphatic heterocycles. The van der Waals surface area contributed by atoms with Gasteiger partial charge in [0.05, 0.1) is 5.02 Å². The van der Waals surface area contributed by atoms with Crippen molar-refractivity contribution >= 4 is 35.2 Å². The third kappa shape index (κ3) is 6.04. The molecule has 0 spiro atoms. The van der Waals surface area contributed by atoms with Crippen LogP contribution in [0.4, 0.5) is 4.79 Å². The van der Waals surface area contributed by atoms with E-state index in [-0.39, 0.29) is 33.8 Å². The lowest BCUT2D eigenvalue weighted by molar-refractivity contribution is 0.0167. The molecule has 1 saturated heterocycles. The lowest BCUT2D eigenvalue weighted by atomic mass is 9.98. The van der Waals surface area contributed by atoms with Gasteiger partial charge in [-0.2, -0.15) is 0 Å². The summed E-state index contributed by atoms with van der Waals surface area (Å²) in [6, 6.07) is 3.07. The summed E-state index contributed by atoms with van der Waals surface area (Å²) in [6.45, 7) is 7.17. The number of amides is 2. The molecule has 1 unspecified atom stereocenters. The van der Waals surface area contributed by atoms with E-state index >= 15 is 0 Å². The number of hydrogen-bond acceptors (Lipinski definition) is 4. The van der Waals surface area contributed by atoms with Crippen molar-refractivity contribution in [1.82, 2.24) is 15.2 Å². The van der Waals surface area contributed by atoms with Crippen LogP contribution in [0.5, 0.6) is 0 Å². The topological polar surface area (TPSA) is 71.5 Å². The maximum atomic E-state index is 12.2. The Kier molecular flexibility index (Phi) is 6.52. The van der Waals surface area contributed by atoms with E-state index in [0.29, 0.717) is 19.6 Å². The third-order valence-corrected chi connectivity index (χ3v) is 4.26. The lowest BCUT2D eigenvalue weighted by Gasteiger charge is -2.34. The van der Waals surface area contributed by atoms with Crippen LogP contribution in [-0.2, 0) is 4.74 Å². The minimum absolute atomic E-state index is 0.106. The number of carbonyl (C=O) groups excluding carboxylic acids is 2. The van der Waals surface area contributed by atoms with Crippen LogP contribution >= 0.6 is 23.2 Å². The molecule has 0 aromatic carbocycles. The number of hydrogen-bond donors (Lipinski definition) is 1. The molecule has 0 saturated carbocycles. The average Bonchev–Trinajstić information content (AvgIpc) is 2.53. The van der Waals surface area contributed by atoms with Crippen LogP contribution < -0.4 is 5.32 Å². The van der Waals surface area contributed by atoms with Crippen molar-refractivity contribution in [1.29, 1.82) is 0 Å². The van der Waals surface area contributed by atoms with Crippen molar-refractivity contribution in [3.05, 3.63) is 28.0 Å². The third-order valence-electron chi connectivity index (χ3n) is 3.75. The van der Waals surface area contributed by atoms with Gasteiger partial charge in [0.15, 0.2) is 0 Å². The highest BCUT2D eigenvalue weighted by Gasteiger charge is 2.28. The zero-order valence-electron chi connectivity index (χ0n) is 14.6. The van der Waals surface area contributed by atoms with Crippen molar-refractivity contribution in [2.45, 2.75) is 39.2 Å². The van der Waals surface area contributed by atoms with Crippen LogP contribution in [0.15, 0.2) is 12.1 Å². The van der Waals surface area contributed by atoms with Gasteiger partial charge >= 0.3 is 6.09 Å². The molecule has 25 heavy (non-hydrogen) atoms. The quantitative estimate of drug-likeness (QED) is 0.801. The Morgan fingerprint density at radius 2 is 2.08 bits per heavy atom. The Morgan fingerprint density at radius 1 is 1.36 bits per heavy atom. The van der Waals surface area contributed by atoms with Gasteiger partial charge in [0.2, 0.25) is 0 Å². The fourth-order valence-electron chi connectivity index (χ4n) is 2.62. The maximum absolute atomic E-state index is 12.2. The second-order valence-corrected chi connectivity index (χ2v) is 7.90. The molecule has 2 rings (SSSR count). The van der Waals surface area contributed by atoms with Crippen LogP contribution in [0.3, 0.4) is 0 Å². The number of pyridine rings is 1. The number of aromatic nitrogens is 1. The van der Waals surface area contributed by atoms with Gasteiger partial charge in [-0.15, -0.1) is 0 Å². The normalized spacial score (nSPS) is 18.0. The minimum Gasteiger partial charge on any atom is -0.444 e. The molecule has 1 aromatic rings. The smallest absolute Gasteiger partial charge is 0.410 e. The first kappa shape index (κ1) is 19.8. The predicted molar refractivity (Wildman–Crippen MR) is 97.1 cm³/mol. The number of ether oxygens (including phenoxy) is 1. The molecule has 0 radical (unpaired) electrons. The minimum atomic E-state index is -0.521. The summed E-state index contributed by atoms with van der Waals surface area (Å²) in [5.74, 6) is -0.218. The SMILES string of the molecule is CC(C)(C)OC(=O)N1CCCC(CNC(=O)c2nc(Cl)ccc2Cl)C1. The largest absolute Gasteiger partial charge is 0.444 e. The molecule has 1 atom stereocenters. The summed E-state index contributed by atoms with van der Waals surface area (Å²) in [5.41, 5.74) is -0.415. The fourth-order valence-corrected chi connectivity index (χ4v) is 2.96. The summed E-state index contributed by atoms with van der Waals surface area (Å²) in [4.78, 5) is 30.1. The van der Waals surface area contributed by atoms with Gasteiger partial charge in [-0.1, -0.05) is 23.2 Å². The van der Waals surface area contributed by atoms with E-state index in [1.807, 2.05) is 20.8 Å². The van der Waals surface area contributed by atoms with Gasteiger partial charge < -0.3 is 15.0 Å². The molecule has 2 amide bonds. The van der Waals surface area contributed by atoms with Gasteiger partial charge in [-0.05, 0) is 51.7 Å². The summed E-state index contributed by atoms with van der Waals surface area (Å²) < 4.78 is 5.41. The molecular formula is C17H23Cl2N3O3. The van der Waals surface area contributed by atoms with E-state index in [1.54, 1.807) is 4.90 Å². The molecule has 1 aliphatic rings. The molecule has 1 aromatic heterocycles. The molecule has 1 fully saturated rings. The van der Waals surface area contributed by atoms with Gasteiger partial charge in [-0.25, -0.2) is 9.78 Å². The molecule has 1 N–H and O–H groups in total. The Bertz CT molecular complexity index is 647. The van der Waals surface area contributed by atoms with Crippen LogP contribution in [0.2, 0.25) is 10.2 Å². The number of carbonyl (C=O) groups is 2. The highest BCUT2D eigenvalue weighted by molar-refractivity contribution is 6.34. The number of halogens is 2. The van der Waals surface area contributed by atoms with E-state index in [9.17, 15) is 9.59 Å². The zero-order valence-corrected chi connectivity index (χ0v) is 16.2. The van der Waals surface area contributed by atoms with Crippen LogP contribution in [0.25, 0.3) is 0 Å². The standard InChI is InChI=1S/C17H23Cl2N3O3/c1-17(2,3)25-16(24)22-8-4-5-11(10-22)9-20-15(23)14-12(18)6-7-13(19)21-14/h6-7,11H,4-5,8-10H2,1-3H3,(H,20,23). The summed E-state index contributed by atoms with van der Waals surface area (Å²) >= 11 is 11.8. The second kappa shape index (κ2) is 8.23. The fraction of sp³-hybridized carbons (Fsp3) is 0.588. The van der Waals surface area contributed by atoms with Gasteiger partial charge in [0, 0.05) is 19.6 Å². The molecule has 6 nitrogen and oxygen atoms in total. The molecule has 138 valence electrons. The zero-order chi connectivity index (χ0) is 18.6. The molecule has 0 aliphatic carbocycles. The summed E-state index contributed by atoms with van der Waals surface area (Å²) in [7, 11) is 0. The number of piperidine rings is 1. The highest BCUT2D eigenvalue weighted by atomic mass is 35.5. The highest BCUT2D eigenvalue weighted by Crippen LogP contribution is 2.20. The van der Waals surface area contributed by atoms with Crippen LogP contribution in [0.1, 0.15) is 44.1 Å². The van der Waals surface area contributed by atoms with Crippen LogP contribution in [-0.4, -0.2) is 47.1 Å². The first-order valence-corrected chi connectivity index (χ1v) is 8.99. The first-order valence-electron chi connectivity index (χ1n) is 8.24. The second-order valence-electron chi connectivity index (χ2n) is 7.11. The number of nitrogens with zero attached hydrogens (tertiary/aromatic N) is 2. The van der Waals surface area contributed by atoms with Crippen molar-refractivity contribution < 1.29 is 14.3 Å². The number of nitrogens with one attached hydrogen (secondary N) is 1. The molecule has 8 heteroatoms. The van der Waals surface area contributed by atoms with E-state index in [0.717, 1.165) is 12.8 Å². The van der Waals surface area contributed by atoms with Crippen molar-refractivity contribution in [2.24, 2.45) is 5.92 Å². The maximum Gasteiger partial charge on any atom is 0.410 e. The molecule has 2 heterocycles. The number of rotatable bonds is 3. The Labute approximate surface area is 157 Å². The molecule has 0 bridgehead atoms. The Balaban J connectivity index is 1.89. The number of likely N-dealkylation sites (tertiary alicyclic amines) is 1. The van der Waals surface area contributed by atoms with E-state index in [1.165, 1.54) is 12.1 Å². The van der Waals surface area contributed by atoms with Crippen molar-refractivity contribution in [3.8, 4) is 0 Å². The Morgan fingerprint density at radius 3 is 2.76 bits per heavy atom. The van der Waals surface area contributed by atoms with Gasteiger partial charge in [0.25, 0.3) is 5.91 Å². The van der Waals surface area contributed by atoms with Crippen molar-refractivity contribution in [3.63, 3.8) is 0 Å². The Hall–Kier alpha value is -1.53. The summed E-state index contributed by atoms with van der Waals surface area (Å²) in [6.07, 6.45) is 1.48. The van der Waals surface area contributed by atoms with E-state index in [2.05, 4.69) is 10.3 Å². The average molecular weight is 388 g/mol. The predicted octanol–water partition coefficient (Wildman–Crippen LogP) is 3.77. The van der Waals surface area contributed by atoms with Crippen LogP contribution in [0, 0.1) is 5.92 Å². The van der Waals surface area contributed by atoms with Gasteiger partial charge in [-0.3, -0.25) is 4.79 Å².